The molecule has 0 amide bonds. The zero-order valence-electron chi connectivity index (χ0n) is 13.0. The summed E-state index contributed by atoms with van der Waals surface area (Å²) < 4.78 is 34.3. The van der Waals surface area contributed by atoms with Gasteiger partial charge in [-0.1, -0.05) is 51.5 Å². The first-order chi connectivity index (χ1) is 9.34. The van der Waals surface area contributed by atoms with Gasteiger partial charge in [-0.15, -0.1) is 0 Å². The maximum absolute atomic E-state index is 11.4. The van der Waals surface area contributed by atoms with Gasteiger partial charge in [0.25, 0.3) is 0 Å². The molecule has 2 rings (SSSR count). The molecule has 21 heavy (non-hydrogen) atoms. The molecule has 0 aliphatic heterocycles. The van der Waals surface area contributed by atoms with E-state index in [2.05, 4.69) is 13.8 Å². The normalized spacial score (nSPS) is 11.7. The molecule has 2 aliphatic rings. The maximum Gasteiger partial charge on any atom is 1.00 e. The monoisotopic (exact) mass is 314 g/mol. The van der Waals surface area contributed by atoms with Gasteiger partial charge in [0.15, 0.2) is 0 Å². The Labute approximate surface area is 149 Å². The van der Waals surface area contributed by atoms with Crippen LogP contribution >= 0.6 is 0 Å². The van der Waals surface area contributed by atoms with Crippen LogP contribution in [0.5, 0.6) is 0 Å². The third-order valence-corrected chi connectivity index (χ3v) is 4.42. The molecule has 2 aliphatic carbocycles. The largest absolute Gasteiger partial charge is 1.00 e. The van der Waals surface area contributed by atoms with Crippen LogP contribution in [0.1, 0.15) is 44.2 Å². The van der Waals surface area contributed by atoms with E-state index in [1.54, 1.807) is 6.07 Å². The van der Waals surface area contributed by atoms with Gasteiger partial charge in [-0.2, -0.15) is 0 Å². The van der Waals surface area contributed by atoms with E-state index in [1.165, 1.54) is 6.07 Å². The van der Waals surface area contributed by atoms with Crippen molar-refractivity contribution in [2.75, 3.05) is 0 Å². The van der Waals surface area contributed by atoms with E-state index in [9.17, 15) is 13.0 Å². The van der Waals surface area contributed by atoms with E-state index in [0.29, 0.717) is 11.5 Å². The third-order valence-electron chi connectivity index (χ3n) is 3.55. The molecule has 0 aromatic rings. The zero-order chi connectivity index (χ0) is 14.9. The fraction of sp³-hybridized carbons (Fsp3) is 0.375. The second-order valence-electron chi connectivity index (χ2n) is 5.39. The average molecular weight is 314 g/mol. The topological polar surface area (TPSA) is 57.2 Å². The van der Waals surface area contributed by atoms with E-state index in [1.807, 2.05) is 25.1 Å². The van der Waals surface area contributed by atoms with Crippen LogP contribution in [0.15, 0.2) is 35.2 Å². The first-order valence-corrected chi connectivity index (χ1v) is 8.27. The summed E-state index contributed by atoms with van der Waals surface area (Å²) in [5.74, 6) is 0.355. The Morgan fingerprint density at radius 3 is 2.14 bits per heavy atom. The molecule has 3 nitrogen and oxygen atoms in total. The Balaban J connectivity index is 0.00000220. The average Bonchev–Trinajstić information content (AvgIpc) is 2.56. The molecule has 0 N–H and O–H groups in total. The summed E-state index contributed by atoms with van der Waals surface area (Å²) in [7, 11) is -4.44. The SMILES string of the molecule is CCCc1cc(S(=O)(=O)[O-])c2ccc(C(C)C)ccc1-2.[Na+]. The first kappa shape index (κ1) is 18.7. The number of fused-ring (bicyclic) bond motifs is 1. The number of hydrogen-bond donors (Lipinski definition) is 0. The van der Waals surface area contributed by atoms with Gasteiger partial charge in [0.2, 0.25) is 0 Å². The Morgan fingerprint density at radius 1 is 1.10 bits per heavy atom. The quantitative estimate of drug-likeness (QED) is 0.619. The summed E-state index contributed by atoms with van der Waals surface area (Å²) in [5, 5.41) is 0. The molecule has 5 heteroatoms. The van der Waals surface area contributed by atoms with Gasteiger partial charge < -0.3 is 4.55 Å². The number of aryl methyl sites for hydroxylation is 1. The summed E-state index contributed by atoms with van der Waals surface area (Å²) in [6.07, 6.45) is 1.68. The van der Waals surface area contributed by atoms with Crippen LogP contribution in [0.4, 0.5) is 0 Å². The van der Waals surface area contributed by atoms with E-state index in [4.69, 9.17) is 0 Å². The Bertz CT molecular complexity index is 693. The number of rotatable bonds is 4. The fourth-order valence-corrected chi connectivity index (χ4v) is 3.20. The van der Waals surface area contributed by atoms with Gasteiger partial charge in [-0.05, 0) is 40.7 Å². The molecule has 0 atom stereocenters. The molecule has 0 spiro atoms. The van der Waals surface area contributed by atoms with Crippen LogP contribution in [0.2, 0.25) is 0 Å². The second kappa shape index (κ2) is 7.25. The first-order valence-electron chi connectivity index (χ1n) is 6.86. The molecule has 0 radical (unpaired) electrons. The van der Waals surface area contributed by atoms with Crippen LogP contribution < -0.4 is 29.6 Å². The molecular weight excluding hydrogens is 295 g/mol. The van der Waals surface area contributed by atoms with Crippen LogP contribution in [0.3, 0.4) is 0 Å². The standard InChI is InChI=1S/C16H20O3S.Na/c1-4-5-13-10-16(20(17,18)19)15-9-7-12(11(2)3)6-8-14(13)15;/h6-11H,4-5H2,1-3H3,(H,17,18,19);/q;+1/p-1. The van der Waals surface area contributed by atoms with Crippen LogP contribution in [-0.2, 0) is 16.5 Å². The minimum absolute atomic E-state index is 0. The molecular formula is C16H19NaO3S. The summed E-state index contributed by atoms with van der Waals surface area (Å²) in [6.45, 7) is 6.20. The van der Waals surface area contributed by atoms with Gasteiger partial charge in [0.1, 0.15) is 10.1 Å². The van der Waals surface area contributed by atoms with Gasteiger partial charge in [0.05, 0.1) is 4.90 Å². The fourth-order valence-electron chi connectivity index (χ4n) is 2.47. The van der Waals surface area contributed by atoms with Crippen molar-refractivity contribution in [2.45, 2.75) is 44.4 Å². The van der Waals surface area contributed by atoms with Gasteiger partial charge in [-0.25, -0.2) is 8.42 Å². The number of hydrogen-bond acceptors (Lipinski definition) is 3. The molecule has 0 bridgehead atoms. The van der Waals surface area contributed by atoms with E-state index in [0.717, 1.165) is 29.5 Å². The van der Waals surface area contributed by atoms with Crippen molar-refractivity contribution in [1.82, 2.24) is 0 Å². The predicted octanol–water partition coefficient (Wildman–Crippen LogP) is 0.775. The van der Waals surface area contributed by atoms with Gasteiger partial charge in [-0.3, -0.25) is 0 Å². The van der Waals surface area contributed by atoms with E-state index < -0.39 is 10.1 Å². The van der Waals surface area contributed by atoms with Gasteiger partial charge in [0, 0.05) is 0 Å². The molecule has 0 saturated carbocycles. The molecule has 0 heterocycles. The van der Waals surface area contributed by atoms with Crippen molar-refractivity contribution >= 4 is 10.1 Å². The maximum atomic E-state index is 11.4. The zero-order valence-corrected chi connectivity index (χ0v) is 15.8. The summed E-state index contributed by atoms with van der Waals surface area (Å²) in [4.78, 5) is -0.0955. The second-order valence-corrected chi connectivity index (χ2v) is 6.73. The molecule has 0 aromatic carbocycles. The molecule has 108 valence electrons. The summed E-state index contributed by atoms with van der Waals surface area (Å²) in [5.41, 5.74) is 3.46. The van der Waals surface area contributed by atoms with E-state index >= 15 is 0 Å². The predicted molar refractivity (Wildman–Crippen MR) is 79.1 cm³/mol. The van der Waals surface area contributed by atoms with Crippen molar-refractivity contribution < 1.29 is 42.5 Å². The summed E-state index contributed by atoms with van der Waals surface area (Å²) in [6, 6.07) is 9.13. The van der Waals surface area contributed by atoms with Crippen molar-refractivity contribution in [2.24, 2.45) is 0 Å². The Kier molecular flexibility index (Phi) is 6.44. The van der Waals surface area contributed by atoms with Crippen molar-refractivity contribution in [3.63, 3.8) is 0 Å². The van der Waals surface area contributed by atoms with Gasteiger partial charge >= 0.3 is 29.6 Å². The molecule has 0 fully saturated rings. The minimum atomic E-state index is -4.44. The van der Waals surface area contributed by atoms with Crippen LogP contribution in [0, 0.1) is 0 Å². The van der Waals surface area contributed by atoms with Crippen molar-refractivity contribution in [3.8, 4) is 11.1 Å². The smallest absolute Gasteiger partial charge is 0.744 e. The third kappa shape index (κ3) is 4.08. The van der Waals surface area contributed by atoms with Crippen LogP contribution in [-0.4, -0.2) is 13.0 Å². The van der Waals surface area contributed by atoms with Crippen LogP contribution in [0.25, 0.3) is 11.1 Å². The van der Waals surface area contributed by atoms with Crippen molar-refractivity contribution in [3.05, 3.63) is 41.5 Å². The van der Waals surface area contributed by atoms with E-state index in [-0.39, 0.29) is 34.5 Å². The molecule has 0 saturated heterocycles. The minimum Gasteiger partial charge on any atom is -0.744 e. The molecule has 0 aromatic heterocycles. The summed E-state index contributed by atoms with van der Waals surface area (Å²) >= 11 is 0. The Morgan fingerprint density at radius 2 is 1.67 bits per heavy atom. The van der Waals surface area contributed by atoms with Crippen molar-refractivity contribution in [1.29, 1.82) is 0 Å². The Hall–Kier alpha value is -0.390. The molecule has 0 unspecified atom stereocenters.